The Bertz CT molecular complexity index is 865. The van der Waals surface area contributed by atoms with Gasteiger partial charge in [-0.3, -0.25) is 4.79 Å². The number of nitrogens with zero attached hydrogens (tertiary/aromatic N) is 1. The quantitative estimate of drug-likeness (QED) is 0.455. The molecule has 1 aliphatic heterocycles. The maximum absolute atomic E-state index is 12.9. The first-order valence-corrected chi connectivity index (χ1v) is 14.5. The molecule has 0 aromatic rings. The molecule has 5 fully saturated rings. The van der Waals surface area contributed by atoms with Gasteiger partial charge in [0, 0.05) is 13.0 Å². The Hall–Kier alpha value is -1.18. The first-order chi connectivity index (χ1) is 17.0. The number of aliphatic carboxylic acids is 1. The summed E-state index contributed by atoms with van der Waals surface area (Å²) in [6.45, 7) is 7.32. The zero-order chi connectivity index (χ0) is 26.0. The van der Waals surface area contributed by atoms with Crippen molar-refractivity contribution in [1.82, 2.24) is 4.90 Å². The standard InChI is InChI=1S/C29H47NO6/c1-16(6-9-25(34)30-12-4-5-22(30)27(35)36)19-7-8-20-26-21(15-24(33)29(19,20)3)28(2)11-10-18(31)13-17(28)14-23(26)32/h16-24,26,31-33H,4-15H2,1-3H3,(H,35,36). The minimum Gasteiger partial charge on any atom is -0.480 e. The van der Waals surface area contributed by atoms with Crippen LogP contribution in [-0.4, -0.2) is 68.1 Å². The number of carbonyl (C=O) groups excluding carboxylic acids is 1. The van der Waals surface area contributed by atoms with Gasteiger partial charge in [-0.2, -0.15) is 0 Å². The predicted molar refractivity (Wildman–Crippen MR) is 135 cm³/mol. The molecular weight excluding hydrogens is 458 g/mol. The van der Waals surface area contributed by atoms with Crippen LogP contribution >= 0.6 is 0 Å². The van der Waals surface area contributed by atoms with Crippen LogP contribution < -0.4 is 0 Å². The third kappa shape index (κ3) is 4.03. The van der Waals surface area contributed by atoms with Crippen LogP contribution in [0.2, 0.25) is 0 Å². The molecule has 4 aliphatic carbocycles. The lowest BCUT2D eigenvalue weighted by molar-refractivity contribution is -0.207. The highest BCUT2D eigenvalue weighted by atomic mass is 16.4. The van der Waals surface area contributed by atoms with Crippen LogP contribution in [0.25, 0.3) is 0 Å². The Morgan fingerprint density at radius 2 is 1.75 bits per heavy atom. The second-order valence-corrected chi connectivity index (χ2v) is 13.6. The maximum atomic E-state index is 12.9. The van der Waals surface area contributed by atoms with Crippen molar-refractivity contribution in [2.75, 3.05) is 6.54 Å². The Balaban J connectivity index is 1.29. The fraction of sp³-hybridized carbons (Fsp3) is 0.931. The van der Waals surface area contributed by atoms with Gasteiger partial charge in [-0.05, 0) is 111 Å². The molecule has 0 aromatic heterocycles. The van der Waals surface area contributed by atoms with Crippen molar-refractivity contribution < 1.29 is 30.0 Å². The lowest BCUT2D eigenvalue weighted by Gasteiger charge is -2.63. The molecule has 0 bridgehead atoms. The van der Waals surface area contributed by atoms with Crippen molar-refractivity contribution in [3.63, 3.8) is 0 Å². The first-order valence-electron chi connectivity index (χ1n) is 14.5. The van der Waals surface area contributed by atoms with Crippen molar-refractivity contribution in [2.24, 2.45) is 46.3 Å². The molecule has 5 aliphatic rings. The number of aliphatic hydroxyl groups excluding tert-OH is 3. The summed E-state index contributed by atoms with van der Waals surface area (Å²) in [5.41, 5.74) is -0.211. The van der Waals surface area contributed by atoms with Crippen molar-refractivity contribution >= 4 is 11.9 Å². The van der Waals surface area contributed by atoms with Crippen molar-refractivity contribution in [2.45, 2.75) is 116 Å². The first kappa shape index (κ1) is 26.4. The van der Waals surface area contributed by atoms with Crippen molar-refractivity contribution in [1.29, 1.82) is 0 Å². The zero-order valence-corrected chi connectivity index (χ0v) is 22.3. The predicted octanol–water partition coefficient (Wildman–Crippen LogP) is 3.44. The van der Waals surface area contributed by atoms with Gasteiger partial charge in [0.05, 0.1) is 18.3 Å². The maximum Gasteiger partial charge on any atom is 0.326 e. The van der Waals surface area contributed by atoms with Crippen LogP contribution in [0.4, 0.5) is 0 Å². The molecule has 36 heavy (non-hydrogen) atoms. The highest BCUT2D eigenvalue weighted by molar-refractivity contribution is 5.84. The Morgan fingerprint density at radius 3 is 2.47 bits per heavy atom. The average Bonchev–Trinajstić information content (AvgIpc) is 3.45. The van der Waals surface area contributed by atoms with E-state index >= 15 is 0 Å². The fourth-order valence-electron chi connectivity index (χ4n) is 10.1. The van der Waals surface area contributed by atoms with E-state index in [1.54, 1.807) is 4.90 Å². The number of amides is 1. The molecule has 7 heteroatoms. The van der Waals surface area contributed by atoms with Gasteiger partial charge < -0.3 is 25.3 Å². The summed E-state index contributed by atoms with van der Waals surface area (Å²) in [5, 5.41) is 42.9. The number of hydrogen-bond acceptors (Lipinski definition) is 5. The van der Waals surface area contributed by atoms with E-state index in [2.05, 4.69) is 20.8 Å². The molecule has 12 atom stereocenters. The Labute approximate surface area is 215 Å². The molecule has 0 spiro atoms. The molecule has 1 heterocycles. The van der Waals surface area contributed by atoms with Crippen LogP contribution in [-0.2, 0) is 9.59 Å². The summed E-state index contributed by atoms with van der Waals surface area (Å²) in [6.07, 6.45) is 7.30. The Kier molecular flexibility index (Phi) is 7.00. The summed E-state index contributed by atoms with van der Waals surface area (Å²) in [6, 6.07) is -0.683. The number of aliphatic hydroxyl groups is 3. The molecule has 0 aromatic carbocycles. The number of carboxylic acids is 1. The summed E-state index contributed by atoms with van der Waals surface area (Å²) < 4.78 is 0. The van der Waals surface area contributed by atoms with E-state index in [4.69, 9.17) is 0 Å². The van der Waals surface area contributed by atoms with Crippen molar-refractivity contribution in [3.05, 3.63) is 0 Å². The van der Waals surface area contributed by atoms with Crippen LogP contribution in [0.1, 0.15) is 91.4 Å². The lowest BCUT2D eigenvalue weighted by Crippen LogP contribution is -2.62. The van der Waals surface area contributed by atoms with E-state index < -0.39 is 18.1 Å². The molecule has 4 saturated carbocycles. The van der Waals surface area contributed by atoms with Gasteiger partial charge in [0.25, 0.3) is 0 Å². The molecule has 1 amide bonds. The van der Waals surface area contributed by atoms with Crippen LogP contribution in [0, 0.1) is 46.3 Å². The number of likely N-dealkylation sites (tertiary alicyclic amines) is 1. The van der Waals surface area contributed by atoms with Crippen LogP contribution in [0.3, 0.4) is 0 Å². The van der Waals surface area contributed by atoms with E-state index in [0.29, 0.717) is 38.1 Å². The van der Waals surface area contributed by atoms with Gasteiger partial charge in [0.2, 0.25) is 5.91 Å². The monoisotopic (exact) mass is 505 g/mol. The molecule has 204 valence electrons. The topological polar surface area (TPSA) is 118 Å². The minimum atomic E-state index is -0.908. The van der Waals surface area contributed by atoms with Crippen LogP contribution in [0.15, 0.2) is 0 Å². The second kappa shape index (κ2) is 9.53. The molecular formula is C29H47NO6. The van der Waals surface area contributed by atoms with Crippen molar-refractivity contribution in [3.8, 4) is 0 Å². The highest BCUT2D eigenvalue weighted by Crippen LogP contribution is 2.68. The third-order valence-electron chi connectivity index (χ3n) is 12.2. The normalized spacial score (nSPS) is 49.2. The number of rotatable bonds is 5. The van der Waals surface area contributed by atoms with E-state index in [9.17, 15) is 30.0 Å². The number of hydrogen-bond donors (Lipinski definition) is 4. The fourth-order valence-corrected chi connectivity index (χ4v) is 10.1. The third-order valence-corrected chi connectivity index (χ3v) is 12.2. The molecule has 7 nitrogen and oxygen atoms in total. The SMILES string of the molecule is CC(CCC(=O)N1CCCC1C(=O)O)C1CCC2C3C(O)CC4CC(O)CCC4(C)C3CC(O)C12C. The van der Waals surface area contributed by atoms with Gasteiger partial charge in [0.15, 0.2) is 0 Å². The summed E-state index contributed by atoms with van der Waals surface area (Å²) in [5.74, 6) is 0.618. The van der Waals surface area contributed by atoms with Gasteiger partial charge in [-0.25, -0.2) is 4.79 Å². The summed E-state index contributed by atoms with van der Waals surface area (Å²) in [7, 11) is 0. The molecule has 0 radical (unpaired) electrons. The minimum absolute atomic E-state index is 0.0585. The summed E-state index contributed by atoms with van der Waals surface area (Å²) in [4.78, 5) is 26.0. The average molecular weight is 506 g/mol. The second-order valence-electron chi connectivity index (χ2n) is 13.6. The van der Waals surface area contributed by atoms with E-state index in [-0.39, 0.29) is 58.5 Å². The number of carbonyl (C=O) groups is 2. The van der Waals surface area contributed by atoms with Crippen LogP contribution in [0.5, 0.6) is 0 Å². The lowest BCUT2D eigenvalue weighted by atomic mass is 9.43. The summed E-state index contributed by atoms with van der Waals surface area (Å²) >= 11 is 0. The molecule has 1 saturated heterocycles. The number of fused-ring (bicyclic) bond motifs is 5. The Morgan fingerprint density at radius 1 is 1.00 bits per heavy atom. The smallest absolute Gasteiger partial charge is 0.326 e. The van der Waals surface area contributed by atoms with E-state index in [1.165, 1.54) is 0 Å². The van der Waals surface area contributed by atoms with Gasteiger partial charge in [-0.15, -0.1) is 0 Å². The largest absolute Gasteiger partial charge is 0.480 e. The van der Waals surface area contributed by atoms with E-state index in [0.717, 1.165) is 44.9 Å². The molecule has 5 rings (SSSR count). The highest BCUT2D eigenvalue weighted by Gasteiger charge is 2.65. The van der Waals surface area contributed by atoms with E-state index in [1.807, 2.05) is 0 Å². The molecule has 4 N–H and O–H groups in total. The van der Waals surface area contributed by atoms with Gasteiger partial charge in [-0.1, -0.05) is 20.8 Å². The molecule has 12 unspecified atom stereocenters. The van der Waals surface area contributed by atoms with Gasteiger partial charge >= 0.3 is 5.97 Å². The van der Waals surface area contributed by atoms with Gasteiger partial charge in [0.1, 0.15) is 6.04 Å². The zero-order valence-electron chi connectivity index (χ0n) is 22.3. The number of carboxylic acid groups (broad SMARTS) is 1.